The highest BCUT2D eigenvalue weighted by atomic mass is 32.2. The number of nitrogens with two attached hydrogens (primary N) is 1. The Balaban J connectivity index is 1.47. The van der Waals surface area contributed by atoms with Crippen LogP contribution in [-0.2, 0) is 16.6 Å². The Bertz CT molecular complexity index is 1560. The Hall–Kier alpha value is -3.51. The fourth-order valence-electron chi connectivity index (χ4n) is 5.04. The monoisotopic (exact) mass is 523 g/mol. The molecule has 2 aliphatic carbocycles. The molecule has 6 rings (SSSR count). The highest BCUT2D eigenvalue weighted by molar-refractivity contribution is 7.89. The zero-order chi connectivity index (χ0) is 26.1. The minimum Gasteiger partial charge on any atom is -0.381 e. The lowest BCUT2D eigenvalue weighted by atomic mass is 10.0. The average molecular weight is 524 g/mol. The molecule has 3 aromatic rings. The zero-order valence-corrected chi connectivity index (χ0v) is 21.5. The molecule has 0 bridgehead atoms. The fraction of sp³-hybridized carbons (Fsp3) is 0.440. The van der Waals surface area contributed by atoms with Gasteiger partial charge in [0.2, 0.25) is 10.0 Å². The van der Waals surface area contributed by atoms with Crippen molar-refractivity contribution in [1.29, 1.82) is 0 Å². The molecular weight excluding hydrogens is 494 g/mol. The van der Waals surface area contributed by atoms with Crippen LogP contribution in [0.4, 0.5) is 5.82 Å². The smallest absolute Gasteiger partial charge is 0.259 e. The Kier molecular flexibility index (Phi) is 5.50. The third-order valence-corrected chi connectivity index (χ3v) is 8.94. The van der Waals surface area contributed by atoms with E-state index in [2.05, 4.69) is 20.1 Å². The number of benzene rings is 1. The SMILES string of the molecule is CCNS(=O)(=O)c1cc(-c2ccn3nc(N)c(C(=O)NC4CC4)c3n2)cc2c1C(=O)N(C(C)C1CC1)C2. The number of sulfonamides is 1. The second-order valence-corrected chi connectivity index (χ2v) is 11.8. The van der Waals surface area contributed by atoms with Crippen LogP contribution >= 0.6 is 0 Å². The van der Waals surface area contributed by atoms with E-state index in [0.29, 0.717) is 29.3 Å². The van der Waals surface area contributed by atoms with Crippen LogP contribution in [0.1, 0.15) is 65.8 Å². The van der Waals surface area contributed by atoms with Crippen molar-refractivity contribution in [2.45, 2.75) is 63.1 Å². The van der Waals surface area contributed by atoms with Gasteiger partial charge in [0.25, 0.3) is 11.8 Å². The molecule has 4 N–H and O–H groups in total. The van der Waals surface area contributed by atoms with Crippen molar-refractivity contribution >= 4 is 33.3 Å². The summed E-state index contributed by atoms with van der Waals surface area (Å²) in [6, 6.07) is 5.17. The molecule has 3 aliphatic rings. The number of carbonyl (C=O) groups is 2. The van der Waals surface area contributed by atoms with Gasteiger partial charge >= 0.3 is 0 Å². The number of amides is 2. The lowest BCUT2D eigenvalue weighted by molar-refractivity contribution is 0.0694. The molecule has 194 valence electrons. The molecular formula is C25H29N7O4S. The standard InChI is InChI=1S/C25H29N7O4S/c1-3-27-37(35,36)19-11-15(10-16-12-31(25(34)20(16)19)13(2)14-4-5-14)18-8-9-32-23(29-18)21(22(26)30-32)24(33)28-17-6-7-17/h8-11,13-14,17,27H,3-7,12H2,1-2H3,(H2,26,30)(H,28,33). The number of nitrogens with zero attached hydrogens (tertiary/aromatic N) is 4. The number of rotatable bonds is 8. The lowest BCUT2D eigenvalue weighted by Crippen LogP contribution is -2.35. The molecule has 0 radical (unpaired) electrons. The molecule has 37 heavy (non-hydrogen) atoms. The average Bonchev–Trinajstić information content (AvgIpc) is 3.78. The summed E-state index contributed by atoms with van der Waals surface area (Å²) >= 11 is 0. The summed E-state index contributed by atoms with van der Waals surface area (Å²) < 4.78 is 30.4. The largest absolute Gasteiger partial charge is 0.381 e. The van der Waals surface area contributed by atoms with Crippen LogP contribution in [-0.4, -0.2) is 58.4 Å². The summed E-state index contributed by atoms with van der Waals surface area (Å²) in [5.74, 6) is -0.0756. The molecule has 11 nitrogen and oxygen atoms in total. The van der Waals surface area contributed by atoms with Gasteiger partial charge in [-0.2, -0.15) is 0 Å². The Morgan fingerprint density at radius 1 is 1.24 bits per heavy atom. The van der Waals surface area contributed by atoms with Crippen LogP contribution in [0.2, 0.25) is 0 Å². The second kappa shape index (κ2) is 8.52. The molecule has 2 amide bonds. The Morgan fingerprint density at radius 3 is 2.68 bits per heavy atom. The topological polar surface area (TPSA) is 152 Å². The molecule has 3 heterocycles. The van der Waals surface area contributed by atoms with Gasteiger partial charge in [-0.05, 0) is 62.3 Å². The van der Waals surface area contributed by atoms with E-state index in [1.54, 1.807) is 24.1 Å². The van der Waals surface area contributed by atoms with Crippen LogP contribution in [0.5, 0.6) is 0 Å². The third kappa shape index (κ3) is 4.13. The maximum absolute atomic E-state index is 13.4. The number of anilines is 1. The number of aromatic nitrogens is 3. The van der Waals surface area contributed by atoms with Gasteiger partial charge in [0.1, 0.15) is 5.56 Å². The van der Waals surface area contributed by atoms with Gasteiger partial charge in [0, 0.05) is 36.9 Å². The van der Waals surface area contributed by atoms with Crippen molar-refractivity contribution in [3.63, 3.8) is 0 Å². The number of fused-ring (bicyclic) bond motifs is 2. The molecule has 1 aliphatic heterocycles. The van der Waals surface area contributed by atoms with Crippen molar-refractivity contribution in [2.75, 3.05) is 12.3 Å². The van der Waals surface area contributed by atoms with Gasteiger partial charge in [-0.15, -0.1) is 5.10 Å². The van der Waals surface area contributed by atoms with E-state index in [-0.39, 0.29) is 57.9 Å². The van der Waals surface area contributed by atoms with Gasteiger partial charge in [0.05, 0.1) is 16.2 Å². The Labute approximate surface area is 214 Å². The van der Waals surface area contributed by atoms with Crippen LogP contribution in [0.3, 0.4) is 0 Å². The predicted octanol–water partition coefficient (Wildman–Crippen LogP) is 1.92. The van der Waals surface area contributed by atoms with Gasteiger partial charge < -0.3 is 16.0 Å². The summed E-state index contributed by atoms with van der Waals surface area (Å²) in [6.07, 6.45) is 5.64. The second-order valence-electron chi connectivity index (χ2n) is 10.1. The number of carbonyl (C=O) groups excluding carboxylic acids is 2. The van der Waals surface area contributed by atoms with Gasteiger partial charge in [-0.1, -0.05) is 6.92 Å². The fourth-order valence-corrected chi connectivity index (χ4v) is 6.34. The van der Waals surface area contributed by atoms with Gasteiger partial charge in [0.15, 0.2) is 11.5 Å². The first-order valence-electron chi connectivity index (χ1n) is 12.6. The number of nitrogen functional groups attached to an aromatic ring is 1. The summed E-state index contributed by atoms with van der Waals surface area (Å²) in [5.41, 5.74) is 8.37. The van der Waals surface area contributed by atoms with E-state index in [1.165, 1.54) is 10.6 Å². The molecule has 2 aromatic heterocycles. The molecule has 0 saturated heterocycles. The zero-order valence-electron chi connectivity index (χ0n) is 20.7. The van der Waals surface area contributed by atoms with Crippen molar-refractivity contribution in [3.8, 4) is 11.3 Å². The van der Waals surface area contributed by atoms with Gasteiger partial charge in [-0.3, -0.25) is 9.59 Å². The van der Waals surface area contributed by atoms with Crippen molar-refractivity contribution < 1.29 is 18.0 Å². The van der Waals surface area contributed by atoms with Crippen LogP contribution in [0.15, 0.2) is 29.3 Å². The van der Waals surface area contributed by atoms with E-state index < -0.39 is 10.0 Å². The molecule has 1 atom stereocenters. The predicted molar refractivity (Wildman–Crippen MR) is 136 cm³/mol. The third-order valence-electron chi connectivity index (χ3n) is 7.37. The number of nitrogens with one attached hydrogen (secondary N) is 2. The maximum Gasteiger partial charge on any atom is 0.259 e. The quantitative estimate of drug-likeness (QED) is 0.408. The van der Waals surface area contributed by atoms with Crippen LogP contribution in [0.25, 0.3) is 16.9 Å². The van der Waals surface area contributed by atoms with Crippen molar-refractivity contribution in [1.82, 2.24) is 29.5 Å². The van der Waals surface area contributed by atoms with Crippen molar-refractivity contribution in [3.05, 3.63) is 41.1 Å². The van der Waals surface area contributed by atoms with E-state index in [4.69, 9.17) is 5.73 Å². The summed E-state index contributed by atoms with van der Waals surface area (Å²) in [6.45, 7) is 4.24. The molecule has 2 saturated carbocycles. The first kappa shape index (κ1) is 23.9. The minimum atomic E-state index is -3.95. The van der Waals surface area contributed by atoms with E-state index in [9.17, 15) is 18.0 Å². The Morgan fingerprint density at radius 2 is 2.00 bits per heavy atom. The van der Waals surface area contributed by atoms with Crippen molar-refractivity contribution in [2.24, 2.45) is 5.92 Å². The van der Waals surface area contributed by atoms with E-state index in [0.717, 1.165) is 25.7 Å². The van der Waals surface area contributed by atoms with E-state index >= 15 is 0 Å². The molecule has 1 unspecified atom stereocenters. The van der Waals surface area contributed by atoms with Crippen LogP contribution in [0, 0.1) is 5.92 Å². The number of hydrogen-bond donors (Lipinski definition) is 3. The van der Waals surface area contributed by atoms with E-state index in [1.807, 2.05) is 13.0 Å². The summed E-state index contributed by atoms with van der Waals surface area (Å²) in [5, 5.41) is 7.13. The highest BCUT2D eigenvalue weighted by Gasteiger charge is 2.41. The highest BCUT2D eigenvalue weighted by Crippen LogP contribution is 2.40. The maximum atomic E-state index is 13.4. The van der Waals surface area contributed by atoms with Gasteiger partial charge in [-0.25, -0.2) is 22.6 Å². The first-order chi connectivity index (χ1) is 17.7. The molecule has 1 aromatic carbocycles. The first-order valence-corrected chi connectivity index (χ1v) is 14.1. The number of hydrogen-bond acceptors (Lipinski definition) is 7. The van der Waals surface area contributed by atoms with Crippen LogP contribution < -0.4 is 15.8 Å². The molecule has 2 fully saturated rings. The summed E-state index contributed by atoms with van der Waals surface area (Å²) in [7, 11) is -3.95. The summed E-state index contributed by atoms with van der Waals surface area (Å²) in [4.78, 5) is 32.6. The molecule has 12 heteroatoms. The lowest BCUT2D eigenvalue weighted by Gasteiger charge is -2.24. The molecule has 0 spiro atoms. The normalized spacial score (nSPS) is 18.3. The minimum absolute atomic E-state index is 0.0369.